The number of anilines is 1. The molecule has 0 saturated carbocycles. The van der Waals surface area contributed by atoms with Gasteiger partial charge in [0.15, 0.2) is 12.4 Å². The Morgan fingerprint density at radius 2 is 1.95 bits per heavy atom. The molecule has 190 valence electrons. The number of carbonyl (C=O) groups is 3. The Morgan fingerprint density at radius 3 is 2.59 bits per heavy atom. The number of aliphatic imine (C=N–C) groups is 1. The van der Waals surface area contributed by atoms with Crippen molar-refractivity contribution in [2.75, 3.05) is 32.1 Å². The minimum Gasteiger partial charge on any atom is -0.482 e. The van der Waals surface area contributed by atoms with Crippen LogP contribution in [0.4, 0.5) is 10.1 Å². The molecule has 9 nitrogen and oxygen atoms in total. The highest BCUT2D eigenvalue weighted by Crippen LogP contribution is 2.25. The second-order valence-electron chi connectivity index (χ2n) is 8.23. The van der Waals surface area contributed by atoms with Crippen molar-refractivity contribution in [1.29, 1.82) is 0 Å². The van der Waals surface area contributed by atoms with Crippen molar-refractivity contribution in [3.8, 4) is 5.75 Å². The van der Waals surface area contributed by atoms with Crippen molar-refractivity contribution < 1.29 is 28.6 Å². The number of amides is 1. The molecule has 0 saturated heterocycles. The van der Waals surface area contributed by atoms with Gasteiger partial charge in [-0.15, -0.1) is 0 Å². The smallest absolute Gasteiger partial charge is 0.341 e. The predicted molar refractivity (Wildman–Crippen MR) is 135 cm³/mol. The van der Waals surface area contributed by atoms with E-state index < -0.39 is 30.1 Å². The van der Waals surface area contributed by atoms with Gasteiger partial charge in [-0.2, -0.15) is 0 Å². The standard InChI is InChI=1S/C26H22ClFN4O5/c1-32-9-8-29-25(32)15-2-6-19(21(28)10-15)26(36)31-22-7-5-18(37-14-24(34)35)12-20(22)23(33)11-17-4-3-16(27)13-30-17/h2-7,10,12-13H,8-9,11,14H2,1H3,(H,31,36)(H,34,35). The topological polar surface area (TPSA) is 121 Å². The average molecular weight is 525 g/mol. The summed E-state index contributed by atoms with van der Waals surface area (Å²) in [5, 5.41) is 11.9. The van der Waals surface area contributed by atoms with Gasteiger partial charge in [0.1, 0.15) is 17.4 Å². The molecular formula is C26H22ClFN4O5. The number of pyridine rings is 1. The fourth-order valence-electron chi connectivity index (χ4n) is 3.74. The van der Waals surface area contributed by atoms with Crippen LogP contribution in [-0.2, 0) is 11.2 Å². The lowest BCUT2D eigenvalue weighted by Crippen LogP contribution is -2.24. The summed E-state index contributed by atoms with van der Waals surface area (Å²) in [5.74, 6) is -2.36. The maximum atomic E-state index is 14.9. The summed E-state index contributed by atoms with van der Waals surface area (Å²) in [5.41, 5.74) is 0.932. The number of Topliss-reactive ketones (excluding diaryl/α,β-unsaturated/α-hetero) is 1. The van der Waals surface area contributed by atoms with Crippen LogP contribution in [0.15, 0.2) is 59.7 Å². The Labute approximate surface area is 216 Å². The highest BCUT2D eigenvalue weighted by Gasteiger charge is 2.21. The van der Waals surface area contributed by atoms with Crippen LogP contribution in [0.25, 0.3) is 0 Å². The van der Waals surface area contributed by atoms with Gasteiger partial charge in [-0.25, -0.2) is 9.18 Å². The summed E-state index contributed by atoms with van der Waals surface area (Å²) in [7, 11) is 1.85. The maximum absolute atomic E-state index is 14.9. The molecule has 0 unspecified atom stereocenters. The van der Waals surface area contributed by atoms with E-state index in [1.54, 1.807) is 18.2 Å². The van der Waals surface area contributed by atoms with Crippen molar-refractivity contribution in [2.45, 2.75) is 6.42 Å². The maximum Gasteiger partial charge on any atom is 0.341 e. The molecule has 2 N–H and O–H groups in total. The number of ketones is 1. The number of ether oxygens (including phenoxy) is 1. The summed E-state index contributed by atoms with van der Waals surface area (Å²) >= 11 is 5.85. The third-order valence-electron chi connectivity index (χ3n) is 5.56. The number of halogens is 2. The lowest BCUT2D eigenvalue weighted by Gasteiger charge is -2.15. The molecule has 1 aliphatic heterocycles. The first-order chi connectivity index (χ1) is 17.7. The van der Waals surface area contributed by atoms with Gasteiger partial charge in [-0.05, 0) is 42.5 Å². The summed E-state index contributed by atoms with van der Waals surface area (Å²) in [6.07, 6.45) is 1.28. The van der Waals surface area contributed by atoms with Gasteiger partial charge < -0.3 is 20.1 Å². The number of hydrogen-bond donors (Lipinski definition) is 2. The van der Waals surface area contributed by atoms with E-state index >= 15 is 0 Å². The molecule has 0 bridgehead atoms. The van der Waals surface area contributed by atoms with E-state index in [9.17, 15) is 18.8 Å². The molecule has 0 spiro atoms. The monoisotopic (exact) mass is 524 g/mol. The Bertz CT molecular complexity index is 1390. The number of carbonyl (C=O) groups excluding carboxylic acids is 2. The molecule has 11 heteroatoms. The second-order valence-corrected chi connectivity index (χ2v) is 8.67. The molecule has 1 aliphatic rings. The van der Waals surface area contributed by atoms with Gasteiger partial charge in [0.25, 0.3) is 5.91 Å². The third kappa shape index (κ3) is 6.28. The van der Waals surface area contributed by atoms with Crippen molar-refractivity contribution in [3.05, 3.63) is 88.0 Å². The van der Waals surface area contributed by atoms with Crippen molar-refractivity contribution >= 4 is 40.8 Å². The molecule has 2 aromatic carbocycles. The number of hydrogen-bond acceptors (Lipinski definition) is 7. The van der Waals surface area contributed by atoms with Gasteiger partial charge in [0.2, 0.25) is 0 Å². The van der Waals surface area contributed by atoms with E-state index in [-0.39, 0.29) is 29.0 Å². The Morgan fingerprint density at radius 1 is 1.14 bits per heavy atom. The third-order valence-corrected chi connectivity index (χ3v) is 5.79. The number of nitrogens with zero attached hydrogens (tertiary/aromatic N) is 3. The van der Waals surface area contributed by atoms with Crippen LogP contribution in [-0.4, -0.2) is 65.2 Å². The van der Waals surface area contributed by atoms with Crippen molar-refractivity contribution in [2.24, 2.45) is 4.99 Å². The van der Waals surface area contributed by atoms with Gasteiger partial charge in [-0.3, -0.25) is 19.6 Å². The minimum absolute atomic E-state index is 0.0481. The van der Waals surface area contributed by atoms with E-state index in [4.69, 9.17) is 21.4 Å². The van der Waals surface area contributed by atoms with E-state index in [1.807, 2.05) is 11.9 Å². The molecule has 0 atom stereocenters. The zero-order valence-electron chi connectivity index (χ0n) is 19.7. The molecule has 4 rings (SSSR count). The SMILES string of the molecule is CN1CCN=C1c1ccc(C(=O)Nc2ccc(OCC(=O)O)cc2C(=O)Cc2ccc(Cl)cn2)c(F)c1. The molecule has 3 aromatic rings. The fourth-order valence-corrected chi connectivity index (χ4v) is 3.85. The normalized spacial score (nSPS) is 12.7. The van der Waals surface area contributed by atoms with Crippen LogP contribution in [0.2, 0.25) is 5.02 Å². The quantitative estimate of drug-likeness (QED) is 0.409. The lowest BCUT2D eigenvalue weighted by atomic mass is 10.0. The summed E-state index contributed by atoms with van der Waals surface area (Å²) in [6, 6.07) is 11.5. The van der Waals surface area contributed by atoms with Crippen molar-refractivity contribution in [1.82, 2.24) is 9.88 Å². The van der Waals surface area contributed by atoms with Crippen LogP contribution in [0.5, 0.6) is 5.75 Å². The number of rotatable bonds is 9. The largest absolute Gasteiger partial charge is 0.482 e. The first kappa shape index (κ1) is 25.8. The summed E-state index contributed by atoms with van der Waals surface area (Å²) in [6.45, 7) is 0.730. The second kappa shape index (κ2) is 11.2. The molecule has 2 heterocycles. The Balaban J connectivity index is 1.59. The molecule has 0 radical (unpaired) electrons. The Kier molecular flexibility index (Phi) is 7.78. The first-order valence-electron chi connectivity index (χ1n) is 11.2. The number of aromatic nitrogens is 1. The number of amidine groups is 1. The number of likely N-dealkylation sites (N-methyl/N-ethyl adjacent to an activating group) is 1. The number of carboxylic acid groups (broad SMARTS) is 1. The van der Waals surface area contributed by atoms with Gasteiger partial charge in [0, 0.05) is 36.6 Å². The van der Waals surface area contributed by atoms with Crippen molar-refractivity contribution in [3.63, 3.8) is 0 Å². The van der Waals surface area contributed by atoms with Crippen LogP contribution >= 0.6 is 11.6 Å². The number of nitrogens with one attached hydrogen (secondary N) is 1. The number of benzene rings is 2. The highest BCUT2D eigenvalue weighted by atomic mass is 35.5. The van der Waals surface area contributed by atoms with E-state index in [2.05, 4.69) is 15.3 Å². The molecule has 0 aliphatic carbocycles. The highest BCUT2D eigenvalue weighted by molar-refractivity contribution is 6.30. The van der Waals surface area contributed by atoms with Crippen LogP contribution in [0, 0.1) is 5.82 Å². The van der Waals surface area contributed by atoms with Gasteiger partial charge in [0.05, 0.1) is 29.2 Å². The lowest BCUT2D eigenvalue weighted by molar-refractivity contribution is -0.139. The average Bonchev–Trinajstić information content (AvgIpc) is 3.30. The number of carboxylic acids is 1. The van der Waals surface area contributed by atoms with Gasteiger partial charge in [-0.1, -0.05) is 17.7 Å². The zero-order chi connectivity index (χ0) is 26.5. The molecule has 1 aromatic heterocycles. The predicted octanol–water partition coefficient (Wildman–Crippen LogP) is 3.71. The minimum atomic E-state index is -1.19. The fraction of sp³-hybridized carbons (Fsp3) is 0.192. The molecule has 1 amide bonds. The molecule has 37 heavy (non-hydrogen) atoms. The van der Waals surface area contributed by atoms with Crippen LogP contribution in [0.3, 0.4) is 0 Å². The molecule has 0 fully saturated rings. The van der Waals surface area contributed by atoms with Crippen LogP contribution in [0.1, 0.15) is 32.0 Å². The van der Waals surface area contributed by atoms with E-state index in [0.717, 1.165) is 6.54 Å². The Hall–Kier alpha value is -4.31. The number of aliphatic carboxylic acids is 1. The van der Waals surface area contributed by atoms with Gasteiger partial charge >= 0.3 is 5.97 Å². The first-order valence-corrected chi connectivity index (χ1v) is 11.6. The van der Waals surface area contributed by atoms with E-state index in [0.29, 0.717) is 28.7 Å². The molecular weight excluding hydrogens is 503 g/mol. The zero-order valence-corrected chi connectivity index (χ0v) is 20.5. The summed E-state index contributed by atoms with van der Waals surface area (Å²) < 4.78 is 20.1. The van der Waals surface area contributed by atoms with Crippen LogP contribution < -0.4 is 10.1 Å². The van der Waals surface area contributed by atoms with E-state index in [1.165, 1.54) is 36.5 Å². The summed E-state index contributed by atoms with van der Waals surface area (Å²) in [4.78, 5) is 47.3.